The summed E-state index contributed by atoms with van der Waals surface area (Å²) in [6.07, 6.45) is 3.48. The van der Waals surface area contributed by atoms with Crippen LogP contribution in [-0.2, 0) is 11.0 Å². The van der Waals surface area contributed by atoms with Gasteiger partial charge in [-0.15, -0.1) is 0 Å². The van der Waals surface area contributed by atoms with E-state index in [0.29, 0.717) is 43.7 Å². The lowest BCUT2D eigenvalue weighted by atomic mass is 9.97. The van der Waals surface area contributed by atoms with Crippen LogP contribution >= 0.6 is 11.6 Å². The molecule has 3 aliphatic heterocycles. The molecule has 0 saturated carbocycles. The predicted molar refractivity (Wildman–Crippen MR) is 123 cm³/mol. The molecule has 2 saturated heterocycles. The van der Waals surface area contributed by atoms with Crippen LogP contribution in [-0.4, -0.2) is 70.5 Å². The number of aromatic nitrogens is 2. The van der Waals surface area contributed by atoms with Crippen LogP contribution < -0.4 is 4.90 Å². The third-order valence-corrected chi connectivity index (χ3v) is 7.23. The molecule has 34 heavy (non-hydrogen) atoms. The summed E-state index contributed by atoms with van der Waals surface area (Å²) in [5, 5.41) is -0.308. The second kappa shape index (κ2) is 9.19. The molecular formula is C24H25ClF3N5O. The Bertz CT molecular complexity index is 1080. The molecule has 6 nitrogen and oxygen atoms in total. The van der Waals surface area contributed by atoms with Crippen LogP contribution in [0.3, 0.4) is 0 Å². The molecule has 2 aromatic rings. The minimum atomic E-state index is -4.50. The third-order valence-electron chi connectivity index (χ3n) is 6.90. The van der Waals surface area contributed by atoms with E-state index in [0.717, 1.165) is 43.5 Å². The molecule has 1 aromatic heterocycles. The quantitative estimate of drug-likeness (QED) is 0.644. The maximum Gasteiger partial charge on any atom is 0.417 e. The summed E-state index contributed by atoms with van der Waals surface area (Å²) in [5.74, 6) is 0.803. The van der Waals surface area contributed by atoms with Crippen LogP contribution in [0, 0.1) is 0 Å². The van der Waals surface area contributed by atoms with Crippen LogP contribution in [0.5, 0.6) is 0 Å². The summed E-state index contributed by atoms with van der Waals surface area (Å²) in [6.45, 7) is 2.81. The number of hydrogen-bond acceptors (Lipinski definition) is 5. The van der Waals surface area contributed by atoms with E-state index in [-0.39, 0.29) is 10.9 Å². The maximum atomic E-state index is 13.2. The van der Waals surface area contributed by atoms with Gasteiger partial charge in [0.25, 0.3) is 0 Å². The SMILES string of the molecule is O=C(CN1CC2CCC(C1)N2c1ncccn1)N1CC=C(c2ccc(Cl)c(C(F)(F)F)c2)CC1. The van der Waals surface area contributed by atoms with Crippen molar-refractivity contribution in [3.05, 3.63) is 58.9 Å². The first-order valence-electron chi connectivity index (χ1n) is 11.4. The molecule has 0 spiro atoms. The van der Waals surface area contributed by atoms with E-state index >= 15 is 0 Å². The first-order chi connectivity index (χ1) is 16.3. The molecular weight excluding hydrogens is 467 g/mol. The van der Waals surface area contributed by atoms with Gasteiger partial charge < -0.3 is 9.80 Å². The Morgan fingerprint density at radius 1 is 1.12 bits per heavy atom. The number of halogens is 4. The first-order valence-corrected chi connectivity index (χ1v) is 11.8. The lowest BCUT2D eigenvalue weighted by Crippen LogP contribution is -2.56. The lowest BCUT2D eigenvalue weighted by Gasteiger charge is -2.41. The van der Waals surface area contributed by atoms with Crippen molar-refractivity contribution in [3.8, 4) is 0 Å². The fraction of sp³-hybridized carbons (Fsp3) is 0.458. The Morgan fingerprint density at radius 2 is 1.82 bits per heavy atom. The Kier molecular flexibility index (Phi) is 6.24. The first kappa shape index (κ1) is 23.1. The van der Waals surface area contributed by atoms with E-state index in [2.05, 4.69) is 19.8 Å². The number of hydrogen-bond donors (Lipinski definition) is 0. The highest BCUT2D eigenvalue weighted by Crippen LogP contribution is 2.37. The van der Waals surface area contributed by atoms with Crippen molar-refractivity contribution < 1.29 is 18.0 Å². The number of alkyl halides is 3. The van der Waals surface area contributed by atoms with Gasteiger partial charge in [-0.1, -0.05) is 23.7 Å². The number of piperazine rings is 1. The van der Waals surface area contributed by atoms with Gasteiger partial charge in [-0.2, -0.15) is 13.2 Å². The Morgan fingerprint density at radius 3 is 2.44 bits per heavy atom. The van der Waals surface area contributed by atoms with E-state index in [1.807, 2.05) is 6.08 Å². The fourth-order valence-corrected chi connectivity index (χ4v) is 5.49. The summed E-state index contributed by atoms with van der Waals surface area (Å²) < 4.78 is 39.6. The zero-order valence-electron chi connectivity index (χ0n) is 18.5. The average Bonchev–Trinajstić information content (AvgIpc) is 3.09. The zero-order chi connectivity index (χ0) is 23.9. The highest BCUT2D eigenvalue weighted by molar-refractivity contribution is 6.31. The number of amides is 1. The Balaban J connectivity index is 1.20. The molecule has 180 valence electrons. The van der Waals surface area contributed by atoms with Gasteiger partial charge in [0.15, 0.2) is 0 Å². The highest BCUT2D eigenvalue weighted by atomic mass is 35.5. The smallest absolute Gasteiger partial charge is 0.338 e. The molecule has 2 fully saturated rings. The normalized spacial score (nSPS) is 23.2. The third kappa shape index (κ3) is 4.63. The van der Waals surface area contributed by atoms with E-state index in [1.54, 1.807) is 29.4 Å². The molecule has 1 aromatic carbocycles. The van der Waals surface area contributed by atoms with Gasteiger partial charge in [-0.05, 0) is 48.6 Å². The molecule has 0 radical (unpaired) electrons. The number of carbonyl (C=O) groups excluding carboxylic acids is 1. The number of benzene rings is 1. The van der Waals surface area contributed by atoms with Crippen molar-refractivity contribution in [3.63, 3.8) is 0 Å². The van der Waals surface area contributed by atoms with Crippen LogP contribution in [0.1, 0.15) is 30.4 Å². The number of rotatable bonds is 4. The molecule has 0 aliphatic carbocycles. The summed E-state index contributed by atoms with van der Waals surface area (Å²) in [4.78, 5) is 28.1. The van der Waals surface area contributed by atoms with Gasteiger partial charge in [0.2, 0.25) is 11.9 Å². The molecule has 5 rings (SSSR count). The summed E-state index contributed by atoms with van der Waals surface area (Å²) in [5.41, 5.74) is 0.473. The van der Waals surface area contributed by atoms with Gasteiger partial charge in [-0.25, -0.2) is 9.97 Å². The average molecular weight is 492 g/mol. The van der Waals surface area contributed by atoms with Crippen molar-refractivity contribution in [2.75, 3.05) is 37.6 Å². The molecule has 2 bridgehead atoms. The van der Waals surface area contributed by atoms with Crippen LogP contribution in [0.2, 0.25) is 5.02 Å². The van der Waals surface area contributed by atoms with Gasteiger partial charge in [0, 0.05) is 50.7 Å². The number of carbonyl (C=O) groups is 1. The van der Waals surface area contributed by atoms with E-state index in [4.69, 9.17) is 11.6 Å². The molecule has 10 heteroatoms. The summed E-state index contributed by atoms with van der Waals surface area (Å²) >= 11 is 5.74. The standard InChI is InChI=1S/C24H25ClF3N5O/c25-21-5-2-17(12-20(21)24(26,27)28)16-6-10-32(11-7-16)22(34)15-31-13-18-3-4-19(14-31)33(18)23-29-8-1-9-30-23/h1-2,5-6,8-9,12,18-19H,3-4,7,10-11,13-15H2. The minimum Gasteiger partial charge on any atom is -0.338 e. The Hall–Kier alpha value is -2.65. The van der Waals surface area contributed by atoms with Crippen molar-refractivity contribution in [1.82, 2.24) is 19.8 Å². The molecule has 4 heterocycles. The van der Waals surface area contributed by atoms with Crippen LogP contribution in [0.4, 0.5) is 19.1 Å². The second-order valence-corrected chi connectivity index (χ2v) is 9.45. The van der Waals surface area contributed by atoms with E-state index in [1.165, 1.54) is 6.07 Å². The predicted octanol–water partition coefficient (Wildman–Crippen LogP) is 4.12. The number of fused-ring (bicyclic) bond motifs is 2. The Labute approximate surface area is 201 Å². The summed E-state index contributed by atoms with van der Waals surface area (Å²) in [7, 11) is 0. The lowest BCUT2D eigenvalue weighted by molar-refractivity contribution is -0.137. The van der Waals surface area contributed by atoms with Gasteiger partial charge in [0.1, 0.15) is 0 Å². The number of anilines is 1. The van der Waals surface area contributed by atoms with Gasteiger partial charge in [-0.3, -0.25) is 9.69 Å². The van der Waals surface area contributed by atoms with Crippen molar-refractivity contribution in [1.29, 1.82) is 0 Å². The van der Waals surface area contributed by atoms with E-state index < -0.39 is 11.7 Å². The maximum absolute atomic E-state index is 13.2. The molecule has 2 unspecified atom stereocenters. The molecule has 0 N–H and O–H groups in total. The topological polar surface area (TPSA) is 52.6 Å². The minimum absolute atomic E-state index is 0.0474. The second-order valence-electron chi connectivity index (χ2n) is 9.05. The molecule has 3 aliphatic rings. The largest absolute Gasteiger partial charge is 0.417 e. The van der Waals surface area contributed by atoms with E-state index in [9.17, 15) is 18.0 Å². The van der Waals surface area contributed by atoms with Crippen LogP contribution in [0.15, 0.2) is 42.7 Å². The fourth-order valence-electron chi connectivity index (χ4n) is 5.26. The molecule has 1 amide bonds. The number of nitrogens with zero attached hydrogens (tertiary/aromatic N) is 5. The summed E-state index contributed by atoms with van der Waals surface area (Å²) in [6, 6.07) is 6.39. The number of likely N-dealkylation sites (tertiary alicyclic amines) is 1. The van der Waals surface area contributed by atoms with Gasteiger partial charge >= 0.3 is 6.18 Å². The monoisotopic (exact) mass is 491 g/mol. The van der Waals surface area contributed by atoms with Crippen molar-refractivity contribution in [2.24, 2.45) is 0 Å². The highest BCUT2D eigenvalue weighted by Gasteiger charge is 2.41. The zero-order valence-corrected chi connectivity index (χ0v) is 19.3. The van der Waals surface area contributed by atoms with Gasteiger partial charge in [0.05, 0.1) is 17.1 Å². The van der Waals surface area contributed by atoms with Crippen LogP contribution in [0.25, 0.3) is 5.57 Å². The van der Waals surface area contributed by atoms with Crippen molar-refractivity contribution in [2.45, 2.75) is 37.5 Å². The molecule has 2 atom stereocenters. The van der Waals surface area contributed by atoms with Crippen molar-refractivity contribution >= 4 is 29.0 Å².